The van der Waals surface area contributed by atoms with Gasteiger partial charge in [-0.3, -0.25) is 0 Å². The predicted octanol–water partition coefficient (Wildman–Crippen LogP) is 3.43. The highest BCUT2D eigenvalue weighted by molar-refractivity contribution is 7.98. The van der Waals surface area contributed by atoms with Gasteiger partial charge >= 0.3 is 0 Å². The van der Waals surface area contributed by atoms with E-state index in [1.807, 2.05) is 11.3 Å². The number of fused-ring (bicyclic) bond motifs is 1. The fourth-order valence-electron chi connectivity index (χ4n) is 1.65. The highest BCUT2D eigenvalue weighted by atomic mass is 32.2. The Morgan fingerprint density at radius 2 is 2.20 bits per heavy atom. The van der Waals surface area contributed by atoms with Crippen LogP contribution < -0.4 is 5.32 Å². The van der Waals surface area contributed by atoms with Crippen LogP contribution in [-0.4, -0.2) is 11.3 Å². The summed E-state index contributed by atoms with van der Waals surface area (Å²) in [5.74, 6) is 2.53. The lowest BCUT2D eigenvalue weighted by atomic mass is 10.1. The number of thioether (sulfide) groups is 1. The Morgan fingerprint density at radius 3 is 2.87 bits per heavy atom. The molecule has 1 nitrogen and oxygen atoms in total. The molecule has 0 saturated carbocycles. The molecule has 0 radical (unpaired) electrons. The zero-order valence-corrected chi connectivity index (χ0v) is 11.4. The second-order valence-corrected chi connectivity index (χ2v) is 7.39. The molecule has 0 amide bonds. The lowest BCUT2D eigenvalue weighted by Gasteiger charge is -2.19. The zero-order valence-electron chi connectivity index (χ0n) is 9.72. The fourth-order valence-corrected chi connectivity index (χ4v) is 3.97. The van der Waals surface area contributed by atoms with E-state index in [1.54, 1.807) is 10.4 Å². The maximum Gasteiger partial charge on any atom is 0.0304 e. The lowest BCUT2D eigenvalue weighted by molar-refractivity contribution is 0.426. The van der Waals surface area contributed by atoms with E-state index in [2.05, 4.69) is 43.9 Å². The molecule has 0 atom stereocenters. The SMILES string of the molecule is CC(C)(C)NCc1cc2c(s1)CCSC2. The minimum absolute atomic E-state index is 0.221. The number of thiophene rings is 1. The molecule has 1 N–H and O–H groups in total. The van der Waals surface area contributed by atoms with Gasteiger partial charge in [0, 0.05) is 27.6 Å². The van der Waals surface area contributed by atoms with Crippen molar-refractivity contribution >= 4 is 23.1 Å². The summed E-state index contributed by atoms with van der Waals surface area (Å²) in [6.07, 6.45) is 1.28. The van der Waals surface area contributed by atoms with Gasteiger partial charge < -0.3 is 5.32 Å². The van der Waals surface area contributed by atoms with Gasteiger partial charge in [0.2, 0.25) is 0 Å². The average molecular weight is 241 g/mol. The number of nitrogens with one attached hydrogen (secondary N) is 1. The average Bonchev–Trinajstić information content (AvgIpc) is 2.56. The molecular formula is C12H19NS2. The highest BCUT2D eigenvalue weighted by Gasteiger charge is 2.15. The summed E-state index contributed by atoms with van der Waals surface area (Å²) >= 11 is 4.06. The van der Waals surface area contributed by atoms with Crippen molar-refractivity contribution in [2.75, 3.05) is 5.75 Å². The number of rotatable bonds is 2. The van der Waals surface area contributed by atoms with Gasteiger partial charge in [0.05, 0.1) is 0 Å². The monoisotopic (exact) mass is 241 g/mol. The Kier molecular flexibility index (Phi) is 3.43. The third-order valence-electron chi connectivity index (χ3n) is 2.47. The van der Waals surface area contributed by atoms with Crippen molar-refractivity contribution in [2.45, 2.75) is 45.0 Å². The summed E-state index contributed by atoms with van der Waals surface area (Å²) in [6, 6.07) is 2.39. The molecule has 0 spiro atoms. The van der Waals surface area contributed by atoms with Gasteiger partial charge in [-0.2, -0.15) is 11.8 Å². The van der Waals surface area contributed by atoms with Crippen molar-refractivity contribution in [3.05, 3.63) is 21.4 Å². The maximum absolute atomic E-state index is 3.55. The van der Waals surface area contributed by atoms with Gasteiger partial charge in [-0.25, -0.2) is 0 Å². The van der Waals surface area contributed by atoms with Crippen LogP contribution in [-0.2, 0) is 18.7 Å². The van der Waals surface area contributed by atoms with Crippen molar-refractivity contribution in [2.24, 2.45) is 0 Å². The smallest absolute Gasteiger partial charge is 0.0304 e. The summed E-state index contributed by atoms with van der Waals surface area (Å²) in [6.45, 7) is 7.68. The molecule has 1 aromatic rings. The Hall–Kier alpha value is 0.01000. The van der Waals surface area contributed by atoms with Gasteiger partial charge in [-0.05, 0) is 44.6 Å². The first-order valence-corrected chi connectivity index (χ1v) is 7.45. The highest BCUT2D eigenvalue weighted by Crippen LogP contribution is 2.31. The zero-order chi connectivity index (χ0) is 10.9. The quantitative estimate of drug-likeness (QED) is 0.851. The van der Waals surface area contributed by atoms with Crippen LogP contribution in [0.5, 0.6) is 0 Å². The molecule has 1 aliphatic heterocycles. The van der Waals surface area contributed by atoms with E-state index in [1.165, 1.54) is 22.8 Å². The minimum atomic E-state index is 0.221. The van der Waals surface area contributed by atoms with Crippen molar-refractivity contribution < 1.29 is 0 Å². The van der Waals surface area contributed by atoms with E-state index in [4.69, 9.17) is 0 Å². The molecule has 0 unspecified atom stereocenters. The third-order valence-corrected chi connectivity index (χ3v) is 4.72. The van der Waals surface area contributed by atoms with Crippen LogP contribution in [0.3, 0.4) is 0 Å². The molecule has 3 heteroatoms. The van der Waals surface area contributed by atoms with Crippen LogP contribution in [0.25, 0.3) is 0 Å². The molecule has 0 fully saturated rings. The Bertz CT molecular complexity index is 312. The summed E-state index contributed by atoms with van der Waals surface area (Å²) in [4.78, 5) is 3.12. The number of hydrogen-bond acceptors (Lipinski definition) is 3. The first-order valence-electron chi connectivity index (χ1n) is 5.48. The first-order chi connectivity index (χ1) is 7.04. The molecule has 0 saturated heterocycles. The van der Waals surface area contributed by atoms with Gasteiger partial charge in [0.15, 0.2) is 0 Å². The Balaban J connectivity index is 2.01. The van der Waals surface area contributed by atoms with E-state index in [0.717, 1.165) is 6.54 Å². The van der Waals surface area contributed by atoms with E-state index in [0.29, 0.717) is 0 Å². The fraction of sp³-hybridized carbons (Fsp3) is 0.667. The van der Waals surface area contributed by atoms with Gasteiger partial charge in [0.25, 0.3) is 0 Å². The van der Waals surface area contributed by atoms with Crippen molar-refractivity contribution in [1.82, 2.24) is 5.32 Å². The second-order valence-electron chi connectivity index (χ2n) is 5.07. The molecule has 2 heterocycles. The molecule has 1 aromatic heterocycles. The molecule has 2 rings (SSSR count). The predicted molar refractivity (Wildman–Crippen MR) is 70.8 cm³/mol. The second kappa shape index (κ2) is 4.48. The Morgan fingerprint density at radius 1 is 1.40 bits per heavy atom. The summed E-state index contributed by atoms with van der Waals surface area (Å²) in [5.41, 5.74) is 1.81. The van der Waals surface area contributed by atoms with Crippen LogP contribution in [0, 0.1) is 0 Å². The molecule has 0 bridgehead atoms. The van der Waals surface area contributed by atoms with Crippen molar-refractivity contribution in [3.8, 4) is 0 Å². The first kappa shape index (κ1) is 11.5. The van der Waals surface area contributed by atoms with Crippen LogP contribution >= 0.6 is 23.1 Å². The molecule has 0 aromatic carbocycles. The number of aryl methyl sites for hydroxylation is 1. The number of hydrogen-bond donors (Lipinski definition) is 1. The topological polar surface area (TPSA) is 12.0 Å². The van der Waals surface area contributed by atoms with Gasteiger partial charge in [0.1, 0.15) is 0 Å². The van der Waals surface area contributed by atoms with E-state index in [-0.39, 0.29) is 5.54 Å². The standard InChI is InChI=1S/C12H19NS2/c1-12(2,3)13-7-10-6-9-8-14-5-4-11(9)15-10/h6,13H,4-5,7-8H2,1-3H3. The molecule has 1 aliphatic rings. The van der Waals surface area contributed by atoms with E-state index in [9.17, 15) is 0 Å². The molecule has 84 valence electrons. The van der Waals surface area contributed by atoms with Crippen LogP contribution in [0.2, 0.25) is 0 Å². The summed E-state index contributed by atoms with van der Waals surface area (Å²) in [5, 5.41) is 3.55. The van der Waals surface area contributed by atoms with Crippen molar-refractivity contribution in [1.29, 1.82) is 0 Å². The van der Waals surface area contributed by atoms with Crippen LogP contribution in [0.1, 0.15) is 36.1 Å². The van der Waals surface area contributed by atoms with E-state index < -0.39 is 0 Å². The lowest BCUT2D eigenvalue weighted by Crippen LogP contribution is -2.34. The van der Waals surface area contributed by atoms with Crippen LogP contribution in [0.4, 0.5) is 0 Å². The molecular weight excluding hydrogens is 222 g/mol. The normalized spacial score (nSPS) is 16.5. The van der Waals surface area contributed by atoms with Gasteiger partial charge in [-0.15, -0.1) is 11.3 Å². The molecule has 0 aliphatic carbocycles. The minimum Gasteiger partial charge on any atom is -0.307 e. The van der Waals surface area contributed by atoms with Gasteiger partial charge in [-0.1, -0.05) is 0 Å². The third kappa shape index (κ3) is 3.23. The van der Waals surface area contributed by atoms with Crippen molar-refractivity contribution in [3.63, 3.8) is 0 Å². The van der Waals surface area contributed by atoms with Crippen LogP contribution in [0.15, 0.2) is 6.07 Å². The Labute approximate surface area is 101 Å². The summed E-state index contributed by atoms with van der Waals surface area (Å²) in [7, 11) is 0. The maximum atomic E-state index is 3.55. The largest absolute Gasteiger partial charge is 0.307 e. The summed E-state index contributed by atoms with van der Waals surface area (Å²) < 4.78 is 0. The van der Waals surface area contributed by atoms with E-state index >= 15 is 0 Å². The molecule has 15 heavy (non-hydrogen) atoms.